The Hall–Kier alpha value is -4.37. The fourth-order valence-electron chi connectivity index (χ4n) is 4.02. The summed E-state index contributed by atoms with van der Waals surface area (Å²) in [6, 6.07) is 14.0. The third-order valence-electron chi connectivity index (χ3n) is 5.95. The zero-order valence-electron chi connectivity index (χ0n) is 20.0. The van der Waals surface area contributed by atoms with Crippen LogP contribution in [0.3, 0.4) is 0 Å². The Labute approximate surface area is 210 Å². The number of nitrogens with one attached hydrogen (secondary N) is 3. The van der Waals surface area contributed by atoms with Crippen molar-refractivity contribution in [3.05, 3.63) is 66.4 Å². The molecule has 6 aromatic rings. The maximum atomic E-state index is 12.4. The first-order valence-corrected chi connectivity index (χ1v) is 12.4. The number of hydrogen-bond donors (Lipinski definition) is 3. The summed E-state index contributed by atoms with van der Waals surface area (Å²) in [6.45, 7) is 5.62. The number of thiophene rings is 1. The van der Waals surface area contributed by atoms with Crippen molar-refractivity contribution < 1.29 is 4.79 Å². The average Bonchev–Trinajstić information content (AvgIpc) is 3.62. The maximum Gasteiger partial charge on any atom is 0.229 e. The van der Waals surface area contributed by atoms with E-state index in [1.54, 1.807) is 23.7 Å². The number of carbonyl (C=O) groups is 1. The zero-order chi connectivity index (χ0) is 24.9. The molecule has 6 heterocycles. The van der Waals surface area contributed by atoms with Crippen molar-refractivity contribution in [1.82, 2.24) is 30.1 Å². The number of amides is 1. The zero-order valence-corrected chi connectivity index (χ0v) is 20.8. The predicted octanol–water partition coefficient (Wildman–Crippen LogP) is 6.28. The highest BCUT2D eigenvalue weighted by Gasteiger charge is 2.21. The molecule has 0 unspecified atom stereocenters. The molecule has 36 heavy (non-hydrogen) atoms. The SMILES string of the molecule is CC(C)(C)C(=O)Nc1cncc(-c2ccc3[nH]nc(-c4cc5c(-c6cccs6)ccnc5[nH]4)c3n2)c1. The highest BCUT2D eigenvalue weighted by molar-refractivity contribution is 7.13. The van der Waals surface area contributed by atoms with Crippen molar-refractivity contribution in [3.63, 3.8) is 0 Å². The molecule has 0 bridgehead atoms. The monoisotopic (exact) mass is 493 g/mol. The van der Waals surface area contributed by atoms with Crippen LogP contribution in [-0.2, 0) is 4.79 Å². The van der Waals surface area contributed by atoms with E-state index in [9.17, 15) is 4.79 Å². The third kappa shape index (κ3) is 3.93. The molecule has 6 aromatic heterocycles. The number of anilines is 1. The molecule has 0 radical (unpaired) electrons. The molecule has 9 heteroatoms. The number of nitrogens with zero attached hydrogens (tertiary/aromatic N) is 4. The predicted molar refractivity (Wildman–Crippen MR) is 144 cm³/mol. The highest BCUT2D eigenvalue weighted by Crippen LogP contribution is 2.35. The van der Waals surface area contributed by atoms with Crippen LogP contribution in [0.2, 0.25) is 0 Å². The maximum absolute atomic E-state index is 12.4. The van der Waals surface area contributed by atoms with E-state index < -0.39 is 5.41 Å². The van der Waals surface area contributed by atoms with Gasteiger partial charge in [-0.25, -0.2) is 9.97 Å². The first kappa shape index (κ1) is 22.1. The van der Waals surface area contributed by atoms with E-state index in [0.29, 0.717) is 11.4 Å². The van der Waals surface area contributed by atoms with E-state index in [1.807, 2.05) is 57.3 Å². The van der Waals surface area contributed by atoms with Crippen LogP contribution in [0.15, 0.2) is 66.4 Å². The topological polar surface area (TPSA) is 112 Å². The van der Waals surface area contributed by atoms with Crippen LogP contribution in [0.5, 0.6) is 0 Å². The Morgan fingerprint density at radius 3 is 2.78 bits per heavy atom. The van der Waals surface area contributed by atoms with Crippen molar-refractivity contribution in [1.29, 1.82) is 0 Å². The number of rotatable bonds is 4. The quantitative estimate of drug-likeness (QED) is 0.268. The van der Waals surface area contributed by atoms with Crippen LogP contribution in [-0.4, -0.2) is 36.0 Å². The number of pyridine rings is 3. The molecule has 178 valence electrons. The van der Waals surface area contributed by atoms with Crippen LogP contribution < -0.4 is 5.32 Å². The summed E-state index contributed by atoms with van der Waals surface area (Å²) in [5.41, 5.74) is 6.70. The van der Waals surface area contributed by atoms with Gasteiger partial charge in [0.15, 0.2) is 0 Å². The van der Waals surface area contributed by atoms with Crippen molar-refractivity contribution in [2.24, 2.45) is 5.41 Å². The minimum absolute atomic E-state index is 0.0729. The normalized spacial score (nSPS) is 11.9. The summed E-state index contributed by atoms with van der Waals surface area (Å²) in [4.78, 5) is 30.8. The van der Waals surface area contributed by atoms with Crippen LogP contribution in [0.25, 0.3) is 55.2 Å². The number of H-pyrrole nitrogens is 2. The van der Waals surface area contributed by atoms with Crippen molar-refractivity contribution in [3.8, 4) is 33.1 Å². The smallest absolute Gasteiger partial charge is 0.229 e. The van der Waals surface area contributed by atoms with Crippen molar-refractivity contribution in [2.75, 3.05) is 5.32 Å². The second-order valence-electron chi connectivity index (χ2n) is 9.61. The summed E-state index contributed by atoms with van der Waals surface area (Å²) < 4.78 is 0. The summed E-state index contributed by atoms with van der Waals surface area (Å²) in [5, 5.41) is 13.7. The molecular formula is C27H23N7OS. The first-order valence-electron chi connectivity index (χ1n) is 11.5. The lowest BCUT2D eigenvalue weighted by atomic mass is 9.95. The van der Waals surface area contributed by atoms with Gasteiger partial charge in [-0.1, -0.05) is 26.8 Å². The molecule has 8 nitrogen and oxygen atoms in total. The van der Waals surface area contributed by atoms with Crippen molar-refractivity contribution >= 4 is 45.0 Å². The Balaban J connectivity index is 1.40. The van der Waals surface area contributed by atoms with Gasteiger partial charge in [-0.15, -0.1) is 11.3 Å². The van der Waals surface area contributed by atoms with Crippen LogP contribution in [0, 0.1) is 5.41 Å². The van der Waals surface area contributed by atoms with Gasteiger partial charge < -0.3 is 10.3 Å². The van der Waals surface area contributed by atoms with Gasteiger partial charge in [0.05, 0.1) is 28.8 Å². The second kappa shape index (κ2) is 8.39. The molecule has 0 atom stereocenters. The Bertz CT molecular complexity index is 1720. The Kier molecular flexibility index (Phi) is 5.15. The molecule has 1 amide bonds. The average molecular weight is 494 g/mol. The highest BCUT2D eigenvalue weighted by atomic mass is 32.1. The van der Waals surface area contributed by atoms with Gasteiger partial charge in [-0.3, -0.25) is 14.9 Å². The standard InChI is InChI=1S/C27H23N7OS/c1-27(2,3)26(35)30-16-11-15(13-28-14-16)19-6-7-20-23(31-19)24(34-33-20)21-12-18-17(22-5-4-10-36-22)8-9-29-25(18)32-21/h4-14H,1-3H3,(H,29,32)(H,30,35)(H,33,34). The van der Waals surface area contributed by atoms with Crippen molar-refractivity contribution in [2.45, 2.75) is 20.8 Å². The lowest BCUT2D eigenvalue weighted by molar-refractivity contribution is -0.123. The molecule has 0 spiro atoms. The molecule has 0 fully saturated rings. The number of carbonyl (C=O) groups excluding carboxylic acids is 1. The molecule has 0 aromatic carbocycles. The van der Waals surface area contributed by atoms with Crippen LogP contribution >= 0.6 is 11.3 Å². The summed E-state index contributed by atoms with van der Waals surface area (Å²) in [5.74, 6) is -0.0729. The lowest BCUT2D eigenvalue weighted by Crippen LogP contribution is -2.27. The van der Waals surface area contributed by atoms with Gasteiger partial charge in [-0.05, 0) is 41.8 Å². The van der Waals surface area contributed by atoms with Gasteiger partial charge in [0, 0.05) is 39.2 Å². The molecule has 0 aliphatic carbocycles. The summed E-state index contributed by atoms with van der Waals surface area (Å²) >= 11 is 1.70. The Morgan fingerprint density at radius 2 is 1.97 bits per heavy atom. The first-order chi connectivity index (χ1) is 17.4. The Morgan fingerprint density at radius 1 is 1.08 bits per heavy atom. The minimum Gasteiger partial charge on any atom is -0.338 e. The molecule has 0 saturated heterocycles. The number of aromatic amines is 2. The molecule has 0 saturated carbocycles. The van der Waals surface area contributed by atoms with Gasteiger partial charge in [0.25, 0.3) is 0 Å². The molecule has 0 aliphatic rings. The fraction of sp³-hybridized carbons (Fsp3) is 0.148. The van der Waals surface area contributed by atoms with Gasteiger partial charge in [0.2, 0.25) is 5.91 Å². The van der Waals surface area contributed by atoms with E-state index in [0.717, 1.165) is 44.6 Å². The summed E-state index contributed by atoms with van der Waals surface area (Å²) in [7, 11) is 0. The van der Waals surface area contributed by atoms with Gasteiger partial charge in [0.1, 0.15) is 16.9 Å². The third-order valence-corrected chi connectivity index (χ3v) is 6.86. The van der Waals surface area contributed by atoms with E-state index in [1.165, 1.54) is 4.88 Å². The molecule has 0 aliphatic heterocycles. The number of aromatic nitrogens is 6. The van der Waals surface area contributed by atoms with E-state index in [2.05, 4.69) is 48.0 Å². The lowest BCUT2D eigenvalue weighted by Gasteiger charge is -2.17. The fourth-order valence-corrected chi connectivity index (χ4v) is 4.78. The van der Waals surface area contributed by atoms with E-state index >= 15 is 0 Å². The molecular weight excluding hydrogens is 470 g/mol. The van der Waals surface area contributed by atoms with Crippen LogP contribution in [0.4, 0.5) is 5.69 Å². The van der Waals surface area contributed by atoms with Gasteiger partial charge in [-0.2, -0.15) is 5.10 Å². The largest absolute Gasteiger partial charge is 0.338 e. The molecule has 3 N–H and O–H groups in total. The van der Waals surface area contributed by atoms with E-state index in [4.69, 9.17) is 4.98 Å². The summed E-state index contributed by atoms with van der Waals surface area (Å²) in [6.07, 6.45) is 5.19. The van der Waals surface area contributed by atoms with E-state index in [-0.39, 0.29) is 5.91 Å². The van der Waals surface area contributed by atoms with Crippen LogP contribution in [0.1, 0.15) is 20.8 Å². The second-order valence-corrected chi connectivity index (χ2v) is 10.6. The number of fused-ring (bicyclic) bond motifs is 2. The van der Waals surface area contributed by atoms with Gasteiger partial charge >= 0.3 is 0 Å². The minimum atomic E-state index is -0.503. The molecule has 6 rings (SSSR count). The number of hydrogen-bond acceptors (Lipinski definition) is 6.